The molecule has 0 spiro atoms. The number of para-hydroxylation sites is 1. The number of nitro groups is 1. The lowest BCUT2D eigenvalue weighted by atomic mass is 10.1. The van der Waals surface area contributed by atoms with E-state index < -0.39 is 4.92 Å². The predicted molar refractivity (Wildman–Crippen MR) is 154 cm³/mol. The van der Waals surface area contributed by atoms with Gasteiger partial charge in [-0.2, -0.15) is 9.78 Å². The maximum absolute atomic E-state index is 13.5. The van der Waals surface area contributed by atoms with Gasteiger partial charge in [-0.1, -0.05) is 86.5 Å². The van der Waals surface area contributed by atoms with Crippen molar-refractivity contribution in [3.8, 4) is 17.1 Å². The molecule has 38 heavy (non-hydrogen) atoms. The highest BCUT2D eigenvalue weighted by atomic mass is 79.9. The van der Waals surface area contributed by atoms with Crippen molar-refractivity contribution in [3.63, 3.8) is 0 Å². The zero-order valence-electron chi connectivity index (χ0n) is 19.6. The number of rotatable bonds is 7. The maximum atomic E-state index is 13.5. The summed E-state index contributed by atoms with van der Waals surface area (Å²) in [6.07, 6.45) is 1.37. The molecule has 1 aromatic heterocycles. The minimum atomic E-state index is -0.516. The molecule has 0 atom stereocenters. The fourth-order valence-electron chi connectivity index (χ4n) is 3.85. The van der Waals surface area contributed by atoms with Crippen LogP contribution in [0.2, 0.25) is 0 Å². The van der Waals surface area contributed by atoms with E-state index in [1.54, 1.807) is 24.3 Å². The van der Waals surface area contributed by atoms with Crippen LogP contribution in [-0.4, -0.2) is 20.8 Å². The van der Waals surface area contributed by atoms with Crippen molar-refractivity contribution in [1.29, 1.82) is 0 Å². The average molecular weight is 634 g/mol. The maximum Gasteiger partial charge on any atom is 0.312 e. The first-order chi connectivity index (χ1) is 18.4. The molecule has 0 radical (unpaired) electrons. The van der Waals surface area contributed by atoms with Crippen LogP contribution in [0.4, 0.5) is 5.69 Å². The van der Waals surface area contributed by atoms with E-state index in [0.29, 0.717) is 32.3 Å². The van der Waals surface area contributed by atoms with Crippen molar-refractivity contribution in [2.45, 2.75) is 6.61 Å². The van der Waals surface area contributed by atoms with Gasteiger partial charge in [0.2, 0.25) is 5.75 Å². The van der Waals surface area contributed by atoms with Crippen LogP contribution in [0.5, 0.6) is 5.75 Å². The second-order valence-electron chi connectivity index (χ2n) is 8.20. The van der Waals surface area contributed by atoms with Crippen LogP contribution in [0, 0.1) is 10.1 Å². The molecule has 0 aliphatic heterocycles. The minimum absolute atomic E-state index is 0.0351. The first kappa shape index (κ1) is 25.5. The summed E-state index contributed by atoms with van der Waals surface area (Å²) in [5.74, 6) is 0.375. The van der Waals surface area contributed by atoms with E-state index in [0.717, 1.165) is 10.0 Å². The van der Waals surface area contributed by atoms with Crippen LogP contribution >= 0.6 is 31.9 Å². The van der Waals surface area contributed by atoms with E-state index in [4.69, 9.17) is 4.74 Å². The van der Waals surface area contributed by atoms with Crippen molar-refractivity contribution in [2.24, 2.45) is 5.10 Å². The number of benzene rings is 4. The lowest BCUT2D eigenvalue weighted by Crippen LogP contribution is -2.20. The first-order valence-electron chi connectivity index (χ1n) is 11.4. The molecular formula is C28H18Br2N4O4. The highest BCUT2D eigenvalue weighted by Crippen LogP contribution is 2.34. The quantitative estimate of drug-likeness (QED) is 0.110. The van der Waals surface area contributed by atoms with E-state index in [-0.39, 0.29) is 23.6 Å². The van der Waals surface area contributed by atoms with Crippen LogP contribution in [0.3, 0.4) is 0 Å². The van der Waals surface area contributed by atoms with Crippen molar-refractivity contribution >= 4 is 54.7 Å². The molecule has 0 saturated carbocycles. The molecule has 1 heterocycles. The molecule has 10 heteroatoms. The summed E-state index contributed by atoms with van der Waals surface area (Å²) in [6.45, 7) is 0.101. The molecule has 5 aromatic rings. The smallest absolute Gasteiger partial charge is 0.312 e. The Hall–Kier alpha value is -4.15. The van der Waals surface area contributed by atoms with Crippen LogP contribution < -0.4 is 10.3 Å². The normalized spacial score (nSPS) is 11.2. The second-order valence-corrected chi connectivity index (χ2v) is 10.0. The highest BCUT2D eigenvalue weighted by Gasteiger charge is 2.21. The average Bonchev–Trinajstić information content (AvgIpc) is 2.93. The lowest BCUT2D eigenvalue weighted by molar-refractivity contribution is -0.386. The third kappa shape index (κ3) is 5.41. The fourth-order valence-corrected chi connectivity index (χ4v) is 4.58. The van der Waals surface area contributed by atoms with Crippen molar-refractivity contribution < 1.29 is 9.66 Å². The van der Waals surface area contributed by atoms with E-state index in [1.165, 1.54) is 17.0 Å². The highest BCUT2D eigenvalue weighted by molar-refractivity contribution is 9.10. The number of ether oxygens (including phenoxy) is 1. The fraction of sp³-hybridized carbons (Fsp3) is 0.0357. The molecule has 188 valence electrons. The SMILES string of the molecule is O=c1c2ccccc2nc(-c2ccccc2)n1N=Cc1cc(Br)cc([N+](=O)[O-])c1OCc1ccc(Br)cc1. The number of hydrogen-bond donors (Lipinski definition) is 0. The standard InChI is InChI=1S/C28H18Br2N4O4/c29-21-12-10-18(11-13-21)17-38-26-20(14-22(30)15-25(26)34(36)37)16-31-33-27(19-6-2-1-3-7-19)32-24-9-5-4-8-23(24)28(33)35/h1-16H,17H2. The third-order valence-corrected chi connectivity index (χ3v) is 6.64. The summed E-state index contributed by atoms with van der Waals surface area (Å²) >= 11 is 6.73. The van der Waals surface area contributed by atoms with Crippen molar-refractivity contribution in [3.05, 3.63) is 132 Å². The van der Waals surface area contributed by atoms with Gasteiger partial charge in [0.15, 0.2) is 5.82 Å². The summed E-state index contributed by atoms with van der Waals surface area (Å²) < 4.78 is 8.52. The van der Waals surface area contributed by atoms with Crippen LogP contribution in [0.1, 0.15) is 11.1 Å². The summed E-state index contributed by atoms with van der Waals surface area (Å²) in [7, 11) is 0. The number of nitrogens with zero attached hydrogens (tertiary/aromatic N) is 4. The van der Waals surface area contributed by atoms with Gasteiger partial charge in [0.25, 0.3) is 5.56 Å². The molecule has 0 bridgehead atoms. The molecule has 4 aromatic carbocycles. The molecule has 0 aliphatic rings. The molecule has 0 saturated heterocycles. The molecule has 0 aliphatic carbocycles. The minimum Gasteiger partial charge on any atom is -0.481 e. The summed E-state index contributed by atoms with van der Waals surface area (Å²) in [5, 5.41) is 16.7. The van der Waals surface area contributed by atoms with Crippen molar-refractivity contribution in [2.75, 3.05) is 0 Å². The lowest BCUT2D eigenvalue weighted by Gasteiger charge is -2.12. The van der Waals surface area contributed by atoms with Gasteiger partial charge < -0.3 is 4.74 Å². The largest absolute Gasteiger partial charge is 0.481 e. The third-order valence-electron chi connectivity index (χ3n) is 5.65. The van der Waals surface area contributed by atoms with Gasteiger partial charge >= 0.3 is 5.69 Å². The Morgan fingerprint density at radius 1 is 0.947 bits per heavy atom. The van der Waals surface area contributed by atoms with Crippen molar-refractivity contribution in [1.82, 2.24) is 9.66 Å². The van der Waals surface area contributed by atoms with E-state index >= 15 is 0 Å². The Balaban J connectivity index is 1.63. The number of hydrogen-bond acceptors (Lipinski definition) is 6. The van der Waals surface area contributed by atoms with E-state index in [2.05, 4.69) is 41.9 Å². The van der Waals surface area contributed by atoms with Crippen LogP contribution in [0.15, 0.2) is 110 Å². The Bertz CT molecular complexity index is 1740. The van der Waals surface area contributed by atoms with Crippen LogP contribution in [-0.2, 0) is 6.61 Å². The molecule has 5 rings (SSSR count). The zero-order chi connectivity index (χ0) is 26.6. The van der Waals surface area contributed by atoms with E-state index in [9.17, 15) is 14.9 Å². The van der Waals surface area contributed by atoms with Gasteiger partial charge in [0, 0.05) is 26.1 Å². The molecule has 0 N–H and O–H groups in total. The Morgan fingerprint density at radius 2 is 1.66 bits per heavy atom. The topological polar surface area (TPSA) is 99.6 Å². The number of fused-ring (bicyclic) bond motifs is 1. The molecule has 8 nitrogen and oxygen atoms in total. The van der Waals surface area contributed by atoms with Gasteiger partial charge in [-0.25, -0.2) is 4.98 Å². The molecular weight excluding hydrogens is 616 g/mol. The predicted octanol–water partition coefficient (Wildman–Crippen LogP) is 6.96. The van der Waals surface area contributed by atoms with Gasteiger partial charge in [-0.15, -0.1) is 0 Å². The molecule has 0 amide bonds. The molecule has 0 fully saturated rings. The number of aromatic nitrogens is 2. The van der Waals surface area contributed by atoms with Crippen LogP contribution in [0.25, 0.3) is 22.3 Å². The summed E-state index contributed by atoms with van der Waals surface area (Å²) in [6, 6.07) is 26.7. The zero-order valence-corrected chi connectivity index (χ0v) is 22.8. The van der Waals surface area contributed by atoms with Gasteiger partial charge in [0.1, 0.15) is 6.61 Å². The van der Waals surface area contributed by atoms with Gasteiger partial charge in [0.05, 0.1) is 22.0 Å². The Labute approximate surface area is 233 Å². The first-order valence-corrected chi connectivity index (χ1v) is 13.0. The summed E-state index contributed by atoms with van der Waals surface area (Å²) in [4.78, 5) is 29.5. The monoisotopic (exact) mass is 632 g/mol. The second kappa shape index (κ2) is 11.1. The Morgan fingerprint density at radius 3 is 2.39 bits per heavy atom. The summed E-state index contributed by atoms with van der Waals surface area (Å²) in [5.41, 5.74) is 1.79. The van der Waals surface area contributed by atoms with Gasteiger partial charge in [-0.05, 0) is 35.9 Å². The number of halogens is 2. The van der Waals surface area contributed by atoms with Gasteiger partial charge in [-0.3, -0.25) is 14.9 Å². The Kier molecular flexibility index (Phi) is 7.43. The number of nitro benzene ring substituents is 1. The molecule has 0 unspecified atom stereocenters. The van der Waals surface area contributed by atoms with E-state index in [1.807, 2.05) is 60.7 Å².